The van der Waals surface area contributed by atoms with Crippen molar-refractivity contribution in [2.75, 3.05) is 13.7 Å². The highest BCUT2D eigenvalue weighted by atomic mass is 16.5. The highest BCUT2D eigenvalue weighted by Crippen LogP contribution is 2.56. The summed E-state index contributed by atoms with van der Waals surface area (Å²) in [6.45, 7) is 0.600. The van der Waals surface area contributed by atoms with E-state index in [4.69, 9.17) is 9.47 Å². The number of rotatable bonds is 2. The van der Waals surface area contributed by atoms with Gasteiger partial charge in [0.25, 0.3) is 0 Å². The third-order valence-electron chi connectivity index (χ3n) is 3.78. The molecule has 16 heavy (non-hydrogen) atoms. The van der Waals surface area contributed by atoms with E-state index in [0.717, 1.165) is 12.0 Å². The fraction of sp³-hybridized carbons (Fsp3) is 0.500. The Balaban J connectivity index is 1.97. The fourth-order valence-corrected chi connectivity index (χ4v) is 2.90. The van der Waals surface area contributed by atoms with Crippen LogP contribution in [0.15, 0.2) is 24.5 Å². The summed E-state index contributed by atoms with van der Waals surface area (Å²) >= 11 is 0. The van der Waals surface area contributed by atoms with Gasteiger partial charge in [-0.1, -0.05) is 6.07 Å². The van der Waals surface area contributed by atoms with Crippen molar-refractivity contribution in [2.24, 2.45) is 5.92 Å². The summed E-state index contributed by atoms with van der Waals surface area (Å²) in [5, 5.41) is 0. The molecular formula is C12H13NO3. The van der Waals surface area contributed by atoms with Crippen LogP contribution in [-0.2, 0) is 19.7 Å². The predicted molar refractivity (Wildman–Crippen MR) is 55.8 cm³/mol. The fourth-order valence-electron chi connectivity index (χ4n) is 2.90. The Morgan fingerprint density at radius 2 is 2.56 bits per heavy atom. The first kappa shape index (κ1) is 9.78. The zero-order valence-electron chi connectivity index (χ0n) is 9.05. The van der Waals surface area contributed by atoms with Crippen LogP contribution in [0.4, 0.5) is 0 Å². The summed E-state index contributed by atoms with van der Waals surface area (Å²) < 4.78 is 10.4. The molecule has 0 radical (unpaired) electrons. The van der Waals surface area contributed by atoms with E-state index >= 15 is 0 Å². The lowest BCUT2D eigenvalue weighted by atomic mass is 9.58. The van der Waals surface area contributed by atoms with Crippen LogP contribution in [0.3, 0.4) is 0 Å². The van der Waals surface area contributed by atoms with Crippen LogP contribution in [0.2, 0.25) is 0 Å². The molecule has 2 aliphatic heterocycles. The van der Waals surface area contributed by atoms with Crippen molar-refractivity contribution in [1.29, 1.82) is 0 Å². The first-order valence-corrected chi connectivity index (χ1v) is 5.38. The second-order valence-electron chi connectivity index (χ2n) is 4.45. The largest absolute Gasteiger partial charge is 0.469 e. The Labute approximate surface area is 93.6 Å². The molecule has 1 aromatic rings. The smallest absolute Gasteiger partial charge is 0.312 e. The van der Waals surface area contributed by atoms with Gasteiger partial charge in [-0.25, -0.2) is 0 Å². The van der Waals surface area contributed by atoms with E-state index in [1.54, 1.807) is 6.20 Å². The van der Waals surface area contributed by atoms with Crippen LogP contribution in [0.5, 0.6) is 0 Å². The Morgan fingerprint density at radius 3 is 3.19 bits per heavy atom. The number of carbonyl (C=O) groups is 1. The molecular weight excluding hydrogens is 206 g/mol. The number of carbonyl (C=O) groups excluding carboxylic acids is 1. The molecule has 3 aliphatic rings. The van der Waals surface area contributed by atoms with Gasteiger partial charge in [0.15, 0.2) is 0 Å². The van der Waals surface area contributed by atoms with Gasteiger partial charge in [-0.2, -0.15) is 0 Å². The van der Waals surface area contributed by atoms with Gasteiger partial charge in [0, 0.05) is 17.8 Å². The average molecular weight is 219 g/mol. The minimum Gasteiger partial charge on any atom is -0.469 e. The highest BCUT2D eigenvalue weighted by molar-refractivity contribution is 5.78. The van der Waals surface area contributed by atoms with Crippen molar-refractivity contribution in [3.8, 4) is 0 Å². The topological polar surface area (TPSA) is 48.4 Å². The van der Waals surface area contributed by atoms with Crippen molar-refractivity contribution in [2.45, 2.75) is 17.9 Å². The maximum absolute atomic E-state index is 11.7. The molecule has 1 aliphatic carbocycles. The van der Waals surface area contributed by atoms with Gasteiger partial charge < -0.3 is 9.47 Å². The molecule has 4 rings (SSSR count). The molecule has 2 saturated heterocycles. The van der Waals surface area contributed by atoms with Crippen molar-refractivity contribution < 1.29 is 14.3 Å². The Bertz CT molecular complexity index is 416. The molecule has 0 unspecified atom stereocenters. The van der Waals surface area contributed by atoms with Gasteiger partial charge in [-0.3, -0.25) is 9.78 Å². The lowest BCUT2D eigenvalue weighted by Crippen LogP contribution is -2.52. The van der Waals surface area contributed by atoms with Crippen LogP contribution < -0.4 is 0 Å². The summed E-state index contributed by atoms with van der Waals surface area (Å²) in [4.78, 5) is 15.8. The maximum atomic E-state index is 11.7. The molecule has 0 amide bonds. The lowest BCUT2D eigenvalue weighted by molar-refractivity contribution is -0.154. The Kier molecular flexibility index (Phi) is 2.01. The third-order valence-corrected chi connectivity index (χ3v) is 3.78. The van der Waals surface area contributed by atoms with E-state index in [1.807, 2.05) is 18.3 Å². The van der Waals surface area contributed by atoms with Crippen LogP contribution in [0, 0.1) is 5.92 Å². The van der Waals surface area contributed by atoms with E-state index in [9.17, 15) is 4.79 Å². The van der Waals surface area contributed by atoms with Gasteiger partial charge in [0.05, 0.1) is 25.7 Å². The molecule has 2 bridgehead atoms. The first-order valence-electron chi connectivity index (χ1n) is 5.38. The van der Waals surface area contributed by atoms with Crippen LogP contribution in [0.1, 0.15) is 12.0 Å². The van der Waals surface area contributed by atoms with Crippen molar-refractivity contribution in [1.82, 2.24) is 4.98 Å². The first-order chi connectivity index (χ1) is 7.78. The molecule has 84 valence electrons. The summed E-state index contributed by atoms with van der Waals surface area (Å²) in [6.07, 6.45) is 4.49. The normalized spacial score (nSPS) is 35.6. The van der Waals surface area contributed by atoms with E-state index in [1.165, 1.54) is 7.11 Å². The van der Waals surface area contributed by atoms with Gasteiger partial charge in [-0.15, -0.1) is 0 Å². The van der Waals surface area contributed by atoms with Crippen molar-refractivity contribution in [3.05, 3.63) is 30.1 Å². The zero-order valence-corrected chi connectivity index (χ0v) is 9.05. The number of methoxy groups -OCH3 is 1. The third kappa shape index (κ3) is 1.08. The Morgan fingerprint density at radius 1 is 1.69 bits per heavy atom. The van der Waals surface area contributed by atoms with Gasteiger partial charge in [-0.05, 0) is 18.1 Å². The van der Waals surface area contributed by atoms with Gasteiger partial charge in [0.2, 0.25) is 0 Å². The van der Waals surface area contributed by atoms with E-state index < -0.39 is 0 Å². The van der Waals surface area contributed by atoms with E-state index in [0.29, 0.717) is 6.61 Å². The minimum atomic E-state index is -0.188. The predicted octanol–water partition coefficient (Wildman–Crippen LogP) is 0.911. The molecule has 3 atom stereocenters. The van der Waals surface area contributed by atoms with Crippen molar-refractivity contribution >= 4 is 5.97 Å². The molecule has 1 saturated carbocycles. The minimum absolute atomic E-state index is 0.0349. The summed E-state index contributed by atoms with van der Waals surface area (Å²) in [7, 11) is 1.43. The quantitative estimate of drug-likeness (QED) is 0.694. The van der Waals surface area contributed by atoms with Crippen molar-refractivity contribution in [3.63, 3.8) is 0 Å². The van der Waals surface area contributed by atoms with Crippen LogP contribution in [0.25, 0.3) is 0 Å². The second-order valence-corrected chi connectivity index (χ2v) is 4.45. The molecule has 3 fully saturated rings. The second kappa shape index (κ2) is 3.28. The average Bonchev–Trinajstić information content (AvgIpc) is 2.89. The number of pyridine rings is 1. The molecule has 0 spiro atoms. The summed E-state index contributed by atoms with van der Waals surface area (Å²) in [5.74, 6) is -0.320. The molecule has 4 nitrogen and oxygen atoms in total. The molecule has 0 aromatic carbocycles. The Hall–Kier alpha value is -1.42. The van der Waals surface area contributed by atoms with Crippen LogP contribution in [-0.4, -0.2) is 30.8 Å². The number of esters is 1. The summed E-state index contributed by atoms with van der Waals surface area (Å²) in [6, 6.07) is 3.90. The number of aromatic nitrogens is 1. The molecule has 4 heteroatoms. The van der Waals surface area contributed by atoms with E-state index in [2.05, 4.69) is 4.98 Å². The maximum Gasteiger partial charge on any atom is 0.312 e. The van der Waals surface area contributed by atoms with Crippen LogP contribution >= 0.6 is 0 Å². The van der Waals surface area contributed by atoms with E-state index in [-0.39, 0.29) is 23.4 Å². The SMILES string of the molecule is COC(=O)[C@@H]1[C@H]2C[C@]1(c1cccnc1)CO2. The number of nitrogens with zero attached hydrogens (tertiary/aromatic N) is 1. The van der Waals surface area contributed by atoms with Gasteiger partial charge >= 0.3 is 5.97 Å². The number of ether oxygens (including phenoxy) is 2. The lowest BCUT2D eigenvalue weighted by Gasteiger charge is -2.42. The molecule has 1 aromatic heterocycles. The number of fused-ring (bicyclic) bond motifs is 1. The van der Waals surface area contributed by atoms with Gasteiger partial charge in [0.1, 0.15) is 0 Å². The highest BCUT2D eigenvalue weighted by Gasteiger charge is 2.65. The number of hydrogen-bond acceptors (Lipinski definition) is 4. The standard InChI is InChI=1S/C12H13NO3/c1-15-11(14)10-9-5-12(10,7-16-9)8-3-2-4-13-6-8/h2-4,6,9-10H,5,7H2,1H3/t9-,10+,12-/m1/s1. The number of hydrogen-bond donors (Lipinski definition) is 0. The molecule has 0 N–H and O–H groups in total. The zero-order chi connectivity index (χ0) is 11.2. The molecule has 3 heterocycles. The monoisotopic (exact) mass is 219 g/mol. The summed E-state index contributed by atoms with van der Waals surface area (Å²) in [5.41, 5.74) is 0.894.